The van der Waals surface area contributed by atoms with Crippen molar-refractivity contribution in [2.45, 2.75) is 6.92 Å². The highest BCUT2D eigenvalue weighted by Gasteiger charge is 2.00. The summed E-state index contributed by atoms with van der Waals surface area (Å²) < 4.78 is 5.19. The van der Waals surface area contributed by atoms with Gasteiger partial charge in [0.15, 0.2) is 0 Å². The molecule has 0 aliphatic heterocycles. The van der Waals surface area contributed by atoms with Crippen molar-refractivity contribution in [1.29, 1.82) is 0 Å². The zero-order valence-electron chi connectivity index (χ0n) is 13.0. The summed E-state index contributed by atoms with van der Waals surface area (Å²) in [6.45, 7) is 1.96. The Labute approximate surface area is 139 Å². The smallest absolute Gasteiger partial charge is 0.203 e. The molecule has 5 heteroatoms. The van der Waals surface area contributed by atoms with Crippen LogP contribution in [0.3, 0.4) is 0 Å². The molecule has 2 aromatic carbocycles. The first-order chi connectivity index (χ1) is 11.2. The highest BCUT2D eigenvalue weighted by atomic mass is 32.1. The predicted octanol–water partition coefficient (Wildman–Crippen LogP) is 4.57. The fourth-order valence-electron chi connectivity index (χ4n) is 2.15. The lowest BCUT2D eigenvalue weighted by Gasteiger charge is -2.04. The largest absolute Gasteiger partial charge is 0.497 e. The summed E-state index contributed by atoms with van der Waals surface area (Å²) in [4.78, 5) is 4.31. The van der Waals surface area contributed by atoms with Gasteiger partial charge in [-0.25, -0.2) is 4.98 Å². The van der Waals surface area contributed by atoms with Crippen LogP contribution in [-0.2, 0) is 0 Å². The molecule has 0 spiro atoms. The van der Waals surface area contributed by atoms with Crippen molar-refractivity contribution in [2.75, 3.05) is 12.5 Å². The Morgan fingerprint density at radius 2 is 1.96 bits per heavy atom. The molecule has 1 heterocycles. The molecule has 0 radical (unpaired) electrons. The Morgan fingerprint density at radius 1 is 1.13 bits per heavy atom. The summed E-state index contributed by atoms with van der Waals surface area (Å²) in [7, 11) is 1.67. The SMILES string of the molecule is COc1ccc(-c2cccc(C=NNc3nc(C)cs3)c2)cc1. The van der Waals surface area contributed by atoms with E-state index in [2.05, 4.69) is 27.6 Å². The molecular formula is C18H17N3OS. The molecule has 0 amide bonds. The molecule has 0 bridgehead atoms. The van der Waals surface area contributed by atoms with E-state index in [9.17, 15) is 0 Å². The van der Waals surface area contributed by atoms with E-state index in [0.29, 0.717) is 0 Å². The van der Waals surface area contributed by atoms with Gasteiger partial charge in [0.2, 0.25) is 5.13 Å². The standard InChI is InChI=1S/C18H17N3OS/c1-13-12-23-18(20-13)21-19-11-14-4-3-5-16(10-14)15-6-8-17(22-2)9-7-15/h3-12H,1-2H3,(H,20,21). The van der Waals surface area contributed by atoms with Crippen LogP contribution in [-0.4, -0.2) is 18.3 Å². The van der Waals surface area contributed by atoms with Crippen LogP contribution in [0.15, 0.2) is 59.0 Å². The van der Waals surface area contributed by atoms with E-state index >= 15 is 0 Å². The van der Waals surface area contributed by atoms with Crippen molar-refractivity contribution in [1.82, 2.24) is 4.98 Å². The van der Waals surface area contributed by atoms with Crippen LogP contribution < -0.4 is 10.2 Å². The number of hydrogen-bond donors (Lipinski definition) is 1. The topological polar surface area (TPSA) is 46.5 Å². The first-order valence-corrected chi connectivity index (χ1v) is 8.08. The Bertz CT molecular complexity index is 809. The van der Waals surface area contributed by atoms with Gasteiger partial charge >= 0.3 is 0 Å². The summed E-state index contributed by atoms with van der Waals surface area (Å²) in [6.07, 6.45) is 1.80. The van der Waals surface area contributed by atoms with Crippen LogP contribution in [0.5, 0.6) is 5.75 Å². The Morgan fingerprint density at radius 3 is 2.65 bits per heavy atom. The minimum atomic E-state index is 0.796. The second kappa shape index (κ2) is 7.07. The van der Waals surface area contributed by atoms with Gasteiger partial charge in [-0.05, 0) is 41.8 Å². The maximum absolute atomic E-state index is 5.19. The lowest BCUT2D eigenvalue weighted by Crippen LogP contribution is -1.90. The second-order valence-electron chi connectivity index (χ2n) is 5.02. The Kier molecular flexibility index (Phi) is 4.68. The number of benzene rings is 2. The summed E-state index contributed by atoms with van der Waals surface area (Å²) in [5, 5.41) is 7.02. The summed E-state index contributed by atoms with van der Waals surface area (Å²) in [5.41, 5.74) is 7.25. The third-order valence-electron chi connectivity index (χ3n) is 3.30. The van der Waals surface area contributed by atoms with Crippen LogP contribution in [0.2, 0.25) is 0 Å². The number of aryl methyl sites for hydroxylation is 1. The number of hydrazone groups is 1. The first-order valence-electron chi connectivity index (χ1n) is 7.20. The molecule has 4 nitrogen and oxygen atoms in total. The van der Waals surface area contributed by atoms with Crippen LogP contribution in [0.25, 0.3) is 11.1 Å². The zero-order chi connectivity index (χ0) is 16.1. The van der Waals surface area contributed by atoms with Gasteiger partial charge in [-0.1, -0.05) is 30.3 Å². The van der Waals surface area contributed by atoms with E-state index in [4.69, 9.17) is 4.74 Å². The van der Waals surface area contributed by atoms with E-state index in [0.717, 1.165) is 33.3 Å². The predicted molar refractivity (Wildman–Crippen MR) is 96.5 cm³/mol. The Hall–Kier alpha value is -2.66. The minimum absolute atomic E-state index is 0.796. The molecular weight excluding hydrogens is 306 g/mol. The van der Waals surface area contributed by atoms with Gasteiger partial charge in [-0.2, -0.15) is 5.10 Å². The third kappa shape index (κ3) is 3.96. The van der Waals surface area contributed by atoms with Gasteiger partial charge in [0, 0.05) is 5.38 Å². The highest BCUT2D eigenvalue weighted by molar-refractivity contribution is 7.13. The average molecular weight is 323 g/mol. The molecule has 0 saturated heterocycles. The second-order valence-corrected chi connectivity index (χ2v) is 5.88. The van der Waals surface area contributed by atoms with Gasteiger partial charge in [-0.15, -0.1) is 11.3 Å². The van der Waals surface area contributed by atoms with Crippen molar-refractivity contribution in [2.24, 2.45) is 5.10 Å². The van der Waals surface area contributed by atoms with Crippen molar-refractivity contribution in [3.8, 4) is 16.9 Å². The molecule has 0 aliphatic rings. The molecule has 0 unspecified atom stereocenters. The van der Waals surface area contributed by atoms with Crippen molar-refractivity contribution in [3.05, 3.63) is 65.2 Å². The van der Waals surface area contributed by atoms with Crippen molar-refractivity contribution >= 4 is 22.7 Å². The van der Waals surface area contributed by atoms with Crippen LogP contribution in [0.4, 0.5) is 5.13 Å². The number of rotatable bonds is 5. The lowest BCUT2D eigenvalue weighted by molar-refractivity contribution is 0.415. The minimum Gasteiger partial charge on any atom is -0.497 e. The van der Waals surface area contributed by atoms with Gasteiger partial charge in [0.25, 0.3) is 0 Å². The van der Waals surface area contributed by atoms with E-state index in [1.54, 1.807) is 24.7 Å². The van der Waals surface area contributed by atoms with Gasteiger partial charge < -0.3 is 4.74 Å². The molecule has 0 aliphatic carbocycles. The molecule has 0 atom stereocenters. The molecule has 1 aromatic heterocycles. The normalized spacial score (nSPS) is 10.9. The van der Waals surface area contributed by atoms with Gasteiger partial charge in [0.05, 0.1) is 19.0 Å². The number of thiazole rings is 1. The Balaban J connectivity index is 1.73. The van der Waals surface area contributed by atoms with Crippen molar-refractivity contribution < 1.29 is 4.74 Å². The van der Waals surface area contributed by atoms with E-state index < -0.39 is 0 Å². The fraction of sp³-hybridized carbons (Fsp3) is 0.111. The lowest BCUT2D eigenvalue weighted by atomic mass is 10.0. The van der Waals surface area contributed by atoms with Crippen LogP contribution in [0, 0.1) is 6.92 Å². The fourth-order valence-corrected chi connectivity index (χ4v) is 2.79. The summed E-state index contributed by atoms with van der Waals surface area (Å²) >= 11 is 1.54. The van der Waals surface area contributed by atoms with Crippen molar-refractivity contribution in [3.63, 3.8) is 0 Å². The zero-order valence-corrected chi connectivity index (χ0v) is 13.8. The van der Waals surface area contributed by atoms with E-state index in [-0.39, 0.29) is 0 Å². The molecule has 3 rings (SSSR count). The van der Waals surface area contributed by atoms with Gasteiger partial charge in [0.1, 0.15) is 5.75 Å². The van der Waals surface area contributed by atoms with E-state index in [1.165, 1.54) is 0 Å². The van der Waals surface area contributed by atoms with E-state index in [1.807, 2.05) is 48.7 Å². The number of hydrogen-bond acceptors (Lipinski definition) is 5. The molecule has 23 heavy (non-hydrogen) atoms. The van der Waals surface area contributed by atoms with Crippen LogP contribution >= 0.6 is 11.3 Å². The average Bonchev–Trinajstić information content (AvgIpc) is 3.00. The molecule has 0 saturated carbocycles. The summed E-state index contributed by atoms with van der Waals surface area (Å²) in [5.74, 6) is 0.856. The molecule has 1 N–H and O–H groups in total. The maximum atomic E-state index is 5.19. The number of anilines is 1. The quantitative estimate of drug-likeness (QED) is 0.552. The van der Waals surface area contributed by atoms with Crippen LogP contribution in [0.1, 0.15) is 11.3 Å². The molecule has 0 fully saturated rings. The maximum Gasteiger partial charge on any atom is 0.203 e. The number of nitrogens with zero attached hydrogens (tertiary/aromatic N) is 2. The molecule has 116 valence electrons. The monoisotopic (exact) mass is 323 g/mol. The summed E-state index contributed by atoms with van der Waals surface area (Å²) in [6, 6.07) is 16.2. The highest BCUT2D eigenvalue weighted by Crippen LogP contribution is 2.23. The first kappa shape index (κ1) is 15.2. The molecule has 3 aromatic rings. The number of aromatic nitrogens is 1. The van der Waals surface area contributed by atoms with Gasteiger partial charge in [-0.3, -0.25) is 5.43 Å². The number of methoxy groups -OCH3 is 1. The number of ether oxygens (including phenoxy) is 1. The number of nitrogens with one attached hydrogen (secondary N) is 1. The third-order valence-corrected chi connectivity index (χ3v) is 4.17.